The Balaban J connectivity index is 1.43. The number of ether oxygens (including phenoxy) is 1. The molecule has 0 bridgehead atoms. The van der Waals surface area contributed by atoms with E-state index >= 15 is 0 Å². The van der Waals surface area contributed by atoms with Crippen molar-refractivity contribution in [1.82, 2.24) is 5.32 Å². The Hall–Kier alpha value is -2.67. The first kappa shape index (κ1) is 25.4. The van der Waals surface area contributed by atoms with E-state index < -0.39 is 24.0 Å². The number of hydrogen-bond acceptors (Lipinski definition) is 4. The number of alkyl carbamates (subject to hydrolysis) is 1. The number of carbonyl (C=O) groups is 3. The summed E-state index contributed by atoms with van der Waals surface area (Å²) in [6.45, 7) is 0.0994. The van der Waals surface area contributed by atoms with Gasteiger partial charge in [0.05, 0.1) is 0 Å². The maximum atomic E-state index is 12.9. The van der Waals surface area contributed by atoms with Crippen molar-refractivity contribution < 1.29 is 24.2 Å². The summed E-state index contributed by atoms with van der Waals surface area (Å²) in [6.07, 6.45) is -1.10. The summed E-state index contributed by atoms with van der Waals surface area (Å²) in [5, 5.41) is 14.4. The first-order chi connectivity index (χ1) is 16.8. The molecule has 0 fully saturated rings. The molecule has 1 aliphatic carbocycles. The molecule has 3 aromatic carbocycles. The predicted molar refractivity (Wildman–Crippen MR) is 149 cm³/mol. The first-order valence-electron chi connectivity index (χ1n) is 10.9. The zero-order valence-electron chi connectivity index (χ0n) is 18.5. The quantitative estimate of drug-likeness (QED) is 0.266. The molecular weight excluding hydrogens is 674 g/mol. The normalized spacial score (nSPS) is 12.9. The minimum Gasteiger partial charge on any atom is -0.481 e. The summed E-state index contributed by atoms with van der Waals surface area (Å²) >= 11 is 4.29. The number of anilines is 1. The number of hydrogen-bond donors (Lipinski definition) is 3. The zero-order valence-corrected chi connectivity index (χ0v) is 22.8. The van der Waals surface area contributed by atoms with E-state index in [1.54, 1.807) is 12.1 Å². The van der Waals surface area contributed by atoms with Gasteiger partial charge in [-0.25, -0.2) is 4.79 Å². The van der Waals surface area contributed by atoms with E-state index in [1.807, 2.05) is 54.6 Å². The van der Waals surface area contributed by atoms with Crippen molar-refractivity contribution in [2.75, 3.05) is 11.9 Å². The van der Waals surface area contributed by atoms with Gasteiger partial charge in [-0.2, -0.15) is 0 Å². The van der Waals surface area contributed by atoms with E-state index in [9.17, 15) is 14.4 Å². The van der Waals surface area contributed by atoms with Crippen LogP contribution in [0.25, 0.3) is 11.1 Å². The van der Waals surface area contributed by atoms with E-state index in [0.29, 0.717) is 5.69 Å². The SMILES string of the molecule is O=C(O)CCC(NC(=O)OCC1c2ccccc2-c2ccccc21)C(=O)Nc1cc(I)cc(I)c1. The fraction of sp³-hybridized carbons (Fsp3) is 0.192. The van der Waals surface area contributed by atoms with Gasteiger partial charge in [-0.15, -0.1) is 0 Å². The Morgan fingerprint density at radius 3 is 2.06 bits per heavy atom. The highest BCUT2D eigenvalue weighted by molar-refractivity contribution is 14.1. The molecule has 0 aromatic heterocycles. The highest BCUT2D eigenvalue weighted by atomic mass is 127. The van der Waals surface area contributed by atoms with Gasteiger partial charge in [0.25, 0.3) is 0 Å². The van der Waals surface area contributed by atoms with Crippen LogP contribution in [0.3, 0.4) is 0 Å². The number of fused-ring (bicyclic) bond motifs is 3. The molecule has 180 valence electrons. The van der Waals surface area contributed by atoms with Crippen LogP contribution in [0.1, 0.15) is 29.9 Å². The number of amides is 2. The number of halogens is 2. The number of aliphatic carboxylic acids is 1. The Morgan fingerprint density at radius 1 is 0.914 bits per heavy atom. The number of carbonyl (C=O) groups excluding carboxylic acids is 2. The van der Waals surface area contributed by atoms with Gasteiger partial charge in [0, 0.05) is 25.2 Å². The fourth-order valence-electron chi connectivity index (χ4n) is 4.17. The van der Waals surface area contributed by atoms with Gasteiger partial charge < -0.3 is 20.5 Å². The third kappa shape index (κ3) is 6.31. The summed E-state index contributed by atoms with van der Waals surface area (Å²) in [6, 6.07) is 20.5. The van der Waals surface area contributed by atoms with Crippen molar-refractivity contribution in [2.45, 2.75) is 24.8 Å². The maximum Gasteiger partial charge on any atom is 0.407 e. The molecule has 0 aliphatic heterocycles. The molecule has 3 N–H and O–H groups in total. The van der Waals surface area contributed by atoms with Crippen LogP contribution >= 0.6 is 45.2 Å². The number of carboxylic acids is 1. The van der Waals surface area contributed by atoms with Gasteiger partial charge in [-0.1, -0.05) is 48.5 Å². The lowest BCUT2D eigenvalue weighted by molar-refractivity contribution is -0.137. The van der Waals surface area contributed by atoms with Gasteiger partial charge in [0.2, 0.25) is 5.91 Å². The Labute approximate surface area is 229 Å². The summed E-state index contributed by atoms with van der Waals surface area (Å²) in [4.78, 5) is 36.7. The van der Waals surface area contributed by atoms with Crippen LogP contribution in [0.2, 0.25) is 0 Å². The summed E-state index contributed by atoms with van der Waals surface area (Å²) in [7, 11) is 0. The molecule has 4 rings (SSSR count). The summed E-state index contributed by atoms with van der Waals surface area (Å²) in [5.41, 5.74) is 4.96. The second-order valence-corrected chi connectivity index (χ2v) is 10.6. The Kier molecular flexibility index (Phi) is 8.26. The number of rotatable bonds is 8. The molecular formula is C26H22I2N2O5. The number of carboxylic acid groups (broad SMARTS) is 1. The van der Waals surface area contributed by atoms with Crippen LogP contribution < -0.4 is 10.6 Å². The van der Waals surface area contributed by atoms with Gasteiger partial charge in [0.15, 0.2) is 0 Å². The molecule has 3 aromatic rings. The standard InChI is InChI=1S/C26H22I2N2O5/c27-15-11-16(28)13-17(12-15)29-25(33)23(9-10-24(31)32)30-26(34)35-14-22-20-7-3-1-5-18(20)19-6-2-4-8-21(19)22/h1-8,11-13,22-23H,9-10,14H2,(H,29,33)(H,30,34)(H,31,32). The summed E-state index contributed by atoms with van der Waals surface area (Å²) in [5.74, 6) is -1.67. The molecule has 35 heavy (non-hydrogen) atoms. The van der Waals surface area contributed by atoms with Crippen LogP contribution in [0.5, 0.6) is 0 Å². The lowest BCUT2D eigenvalue weighted by atomic mass is 9.98. The third-order valence-corrected chi connectivity index (χ3v) is 6.97. The average Bonchev–Trinajstić information content (AvgIpc) is 3.13. The smallest absolute Gasteiger partial charge is 0.407 e. The molecule has 1 aliphatic rings. The van der Waals surface area contributed by atoms with E-state index in [2.05, 4.69) is 55.8 Å². The molecule has 0 radical (unpaired) electrons. The summed E-state index contributed by atoms with van der Waals surface area (Å²) < 4.78 is 7.42. The lowest BCUT2D eigenvalue weighted by Gasteiger charge is -2.19. The van der Waals surface area contributed by atoms with Crippen LogP contribution in [0.4, 0.5) is 10.5 Å². The molecule has 7 nitrogen and oxygen atoms in total. The molecule has 2 amide bonds. The van der Waals surface area contributed by atoms with Gasteiger partial charge in [0.1, 0.15) is 12.6 Å². The molecule has 0 heterocycles. The topological polar surface area (TPSA) is 105 Å². The fourth-order valence-corrected chi connectivity index (χ4v) is 6.11. The maximum absolute atomic E-state index is 12.9. The van der Waals surface area contributed by atoms with Crippen molar-refractivity contribution in [2.24, 2.45) is 0 Å². The van der Waals surface area contributed by atoms with Gasteiger partial charge in [-0.05, 0) is 92.1 Å². The van der Waals surface area contributed by atoms with Crippen LogP contribution in [0, 0.1) is 7.14 Å². The van der Waals surface area contributed by atoms with Crippen molar-refractivity contribution in [3.63, 3.8) is 0 Å². The molecule has 0 saturated carbocycles. The minimum absolute atomic E-state index is 0.0631. The lowest BCUT2D eigenvalue weighted by Crippen LogP contribution is -2.44. The molecule has 9 heteroatoms. The Morgan fingerprint density at radius 2 is 1.49 bits per heavy atom. The van der Waals surface area contributed by atoms with Crippen LogP contribution in [-0.2, 0) is 14.3 Å². The first-order valence-corrected chi connectivity index (χ1v) is 13.1. The molecule has 0 spiro atoms. The molecule has 0 saturated heterocycles. The highest BCUT2D eigenvalue weighted by Gasteiger charge is 2.30. The minimum atomic E-state index is -1.06. The van der Waals surface area contributed by atoms with Crippen molar-refractivity contribution >= 4 is 68.8 Å². The van der Waals surface area contributed by atoms with Crippen molar-refractivity contribution in [3.8, 4) is 11.1 Å². The number of benzene rings is 3. The van der Waals surface area contributed by atoms with Crippen molar-refractivity contribution in [3.05, 3.63) is 85.0 Å². The second-order valence-electron chi connectivity index (χ2n) is 8.10. The zero-order chi connectivity index (χ0) is 24.9. The van der Waals surface area contributed by atoms with E-state index in [0.717, 1.165) is 29.4 Å². The Bertz CT molecular complexity index is 1210. The van der Waals surface area contributed by atoms with Crippen molar-refractivity contribution in [1.29, 1.82) is 0 Å². The number of nitrogens with one attached hydrogen (secondary N) is 2. The molecule has 1 unspecified atom stereocenters. The van der Waals surface area contributed by atoms with Gasteiger partial charge >= 0.3 is 12.1 Å². The van der Waals surface area contributed by atoms with Gasteiger partial charge in [-0.3, -0.25) is 9.59 Å². The van der Waals surface area contributed by atoms with Crippen LogP contribution in [0.15, 0.2) is 66.7 Å². The molecule has 1 atom stereocenters. The van der Waals surface area contributed by atoms with E-state index in [1.165, 1.54) is 0 Å². The third-order valence-electron chi connectivity index (χ3n) is 5.73. The monoisotopic (exact) mass is 696 g/mol. The highest BCUT2D eigenvalue weighted by Crippen LogP contribution is 2.44. The second kappa shape index (κ2) is 11.4. The van der Waals surface area contributed by atoms with E-state index in [4.69, 9.17) is 9.84 Å². The predicted octanol–water partition coefficient (Wildman–Crippen LogP) is 5.61. The average molecular weight is 696 g/mol. The van der Waals surface area contributed by atoms with Crippen LogP contribution in [-0.4, -0.2) is 35.7 Å². The van der Waals surface area contributed by atoms with E-state index in [-0.39, 0.29) is 25.4 Å². The largest absolute Gasteiger partial charge is 0.481 e.